The molecule has 0 fully saturated rings. The van der Waals surface area contributed by atoms with E-state index in [0.717, 1.165) is 16.8 Å². The lowest BCUT2D eigenvalue weighted by Crippen LogP contribution is -1.85. The molecule has 1 aliphatic rings. The fraction of sp³-hybridized carbons (Fsp3) is 0.0833. The van der Waals surface area contributed by atoms with Crippen LogP contribution in [0.3, 0.4) is 0 Å². The molecule has 5 nitrogen and oxygen atoms in total. The van der Waals surface area contributed by atoms with E-state index < -0.39 is 0 Å². The van der Waals surface area contributed by atoms with Gasteiger partial charge in [0, 0.05) is 30.6 Å². The van der Waals surface area contributed by atoms with Crippen molar-refractivity contribution in [1.29, 1.82) is 0 Å². The summed E-state index contributed by atoms with van der Waals surface area (Å²) in [6, 6.07) is 1.86. The van der Waals surface area contributed by atoms with E-state index in [-0.39, 0.29) is 10.7 Å². The van der Waals surface area contributed by atoms with Crippen molar-refractivity contribution in [2.24, 2.45) is 12.0 Å². The van der Waals surface area contributed by atoms with Crippen molar-refractivity contribution in [3.05, 3.63) is 34.6 Å². The second-order valence-electron chi connectivity index (χ2n) is 3.87. The van der Waals surface area contributed by atoms with Crippen molar-refractivity contribution in [3.63, 3.8) is 0 Å². The summed E-state index contributed by atoms with van der Waals surface area (Å²) >= 11 is 4.94. The minimum Gasteiger partial charge on any atom is -0.492 e. The molecule has 0 spiro atoms. The number of allylic oxidation sites excluding steroid dienone is 1. The predicted molar refractivity (Wildman–Crippen MR) is 70.4 cm³/mol. The molecule has 0 atom stereocenters. The zero-order chi connectivity index (χ0) is 12.7. The molecule has 0 unspecified atom stereocenters. The molecule has 90 valence electrons. The average molecular weight is 259 g/mol. The summed E-state index contributed by atoms with van der Waals surface area (Å²) in [7, 11) is 1.64. The van der Waals surface area contributed by atoms with Crippen LogP contribution in [-0.4, -0.2) is 20.9 Å². The molecular weight excluding hydrogens is 250 g/mol. The first-order valence-corrected chi connectivity index (χ1v) is 5.66. The van der Waals surface area contributed by atoms with Gasteiger partial charge in [0.1, 0.15) is 0 Å². The largest absolute Gasteiger partial charge is 0.492 e. The van der Waals surface area contributed by atoms with E-state index in [9.17, 15) is 5.11 Å². The quantitative estimate of drug-likeness (QED) is 0.800. The van der Waals surface area contributed by atoms with Crippen LogP contribution >= 0.6 is 12.2 Å². The molecule has 0 saturated carbocycles. The molecule has 2 aromatic heterocycles. The highest BCUT2D eigenvalue weighted by Crippen LogP contribution is 2.33. The minimum absolute atomic E-state index is 0.00315. The van der Waals surface area contributed by atoms with Crippen molar-refractivity contribution in [2.75, 3.05) is 0 Å². The Labute approximate surface area is 108 Å². The van der Waals surface area contributed by atoms with Crippen LogP contribution in [0.5, 0.6) is 5.88 Å². The van der Waals surface area contributed by atoms with Gasteiger partial charge in [0.15, 0.2) is 5.76 Å². The first-order valence-electron chi connectivity index (χ1n) is 5.26. The fourth-order valence-electron chi connectivity index (χ4n) is 1.75. The molecule has 1 aliphatic heterocycles. The zero-order valence-corrected chi connectivity index (χ0v) is 10.3. The molecule has 3 rings (SSSR count). The number of fused-ring (bicyclic) bond motifs is 1. The lowest BCUT2D eigenvalue weighted by Gasteiger charge is -1.97. The van der Waals surface area contributed by atoms with Crippen LogP contribution in [0.25, 0.3) is 11.6 Å². The van der Waals surface area contributed by atoms with Crippen molar-refractivity contribution >= 4 is 35.8 Å². The zero-order valence-electron chi connectivity index (χ0n) is 9.49. The highest BCUT2D eigenvalue weighted by atomic mass is 32.1. The van der Waals surface area contributed by atoms with E-state index in [4.69, 9.17) is 16.6 Å². The van der Waals surface area contributed by atoms with Gasteiger partial charge in [-0.05, 0) is 24.4 Å². The van der Waals surface area contributed by atoms with E-state index >= 15 is 0 Å². The molecule has 0 aliphatic carbocycles. The van der Waals surface area contributed by atoms with Gasteiger partial charge in [0.05, 0.1) is 11.9 Å². The molecule has 0 saturated heterocycles. The normalized spacial score (nSPS) is 15.3. The fourth-order valence-corrected chi connectivity index (χ4v) is 1.93. The van der Waals surface area contributed by atoms with Crippen LogP contribution in [0, 0.1) is 4.84 Å². The summed E-state index contributed by atoms with van der Waals surface area (Å²) in [4.78, 5) is 8.45. The topological polar surface area (TPSA) is 63.5 Å². The standard InChI is InChI=1S/C12H9N3O2S/c1-15-11(16)10(17-12(15)18)4-7-5-14-9-6-13-3-2-8(7)9/h2-6,16H,1H3/b7-4+. The Bertz CT molecular complexity index is 740. The third-order valence-electron chi connectivity index (χ3n) is 2.75. The molecule has 2 aromatic rings. The highest BCUT2D eigenvalue weighted by Gasteiger charge is 2.15. The van der Waals surface area contributed by atoms with Crippen LogP contribution in [-0.2, 0) is 7.05 Å². The Morgan fingerprint density at radius 2 is 2.33 bits per heavy atom. The Morgan fingerprint density at radius 3 is 3.06 bits per heavy atom. The number of rotatable bonds is 1. The number of oxazole rings is 1. The molecule has 18 heavy (non-hydrogen) atoms. The number of nitrogens with zero attached hydrogens (tertiary/aromatic N) is 3. The van der Waals surface area contributed by atoms with Crippen LogP contribution < -0.4 is 0 Å². The van der Waals surface area contributed by atoms with Gasteiger partial charge >= 0.3 is 0 Å². The number of aromatic hydroxyl groups is 1. The van der Waals surface area contributed by atoms with E-state index in [1.165, 1.54) is 4.57 Å². The molecule has 0 aromatic carbocycles. The Hall–Kier alpha value is -2.21. The van der Waals surface area contributed by atoms with E-state index in [1.54, 1.807) is 31.7 Å². The van der Waals surface area contributed by atoms with Crippen LogP contribution in [0.15, 0.2) is 27.9 Å². The SMILES string of the molecule is Cn1c(O)c(/C=C2\C=Nc3cnccc32)oc1=S. The minimum atomic E-state index is 0.00315. The van der Waals surface area contributed by atoms with Gasteiger partial charge in [-0.25, -0.2) is 0 Å². The van der Waals surface area contributed by atoms with Gasteiger partial charge in [-0.3, -0.25) is 14.5 Å². The summed E-state index contributed by atoms with van der Waals surface area (Å²) in [5.41, 5.74) is 2.61. The molecule has 1 N–H and O–H groups in total. The average Bonchev–Trinajstić information content (AvgIpc) is 2.89. The molecule has 0 bridgehead atoms. The van der Waals surface area contributed by atoms with Gasteiger partial charge < -0.3 is 9.52 Å². The second-order valence-corrected chi connectivity index (χ2v) is 4.21. The number of aliphatic imine (C=N–C) groups is 1. The summed E-state index contributed by atoms with van der Waals surface area (Å²) < 4.78 is 6.70. The highest BCUT2D eigenvalue weighted by molar-refractivity contribution is 7.71. The molecule has 3 heterocycles. The lowest BCUT2D eigenvalue weighted by atomic mass is 10.1. The van der Waals surface area contributed by atoms with Crippen LogP contribution in [0.4, 0.5) is 5.69 Å². The van der Waals surface area contributed by atoms with Crippen LogP contribution in [0.1, 0.15) is 11.3 Å². The van der Waals surface area contributed by atoms with Gasteiger partial charge in [0.2, 0.25) is 5.88 Å². The van der Waals surface area contributed by atoms with Gasteiger partial charge in [0.25, 0.3) is 4.84 Å². The summed E-state index contributed by atoms with van der Waals surface area (Å²) in [5, 5.41) is 9.83. The smallest absolute Gasteiger partial charge is 0.271 e. The van der Waals surface area contributed by atoms with Gasteiger partial charge in [-0.1, -0.05) is 0 Å². The van der Waals surface area contributed by atoms with Gasteiger partial charge in [-0.15, -0.1) is 0 Å². The summed E-state index contributed by atoms with van der Waals surface area (Å²) in [6.07, 6.45) is 6.80. The monoisotopic (exact) mass is 259 g/mol. The number of pyridine rings is 1. The first-order chi connectivity index (χ1) is 8.66. The predicted octanol–water partition coefficient (Wildman–Crippen LogP) is 2.70. The van der Waals surface area contributed by atoms with Crippen molar-refractivity contribution in [3.8, 4) is 5.88 Å². The van der Waals surface area contributed by atoms with E-state index in [2.05, 4.69) is 9.98 Å². The Kier molecular flexibility index (Phi) is 2.38. The Morgan fingerprint density at radius 1 is 1.50 bits per heavy atom. The first kappa shape index (κ1) is 10.9. The summed E-state index contributed by atoms with van der Waals surface area (Å²) in [6.45, 7) is 0. The molecule has 6 heteroatoms. The summed E-state index contributed by atoms with van der Waals surface area (Å²) in [5.74, 6) is 0.331. The number of hydrogen-bond donors (Lipinski definition) is 1. The van der Waals surface area contributed by atoms with Crippen molar-refractivity contribution < 1.29 is 9.52 Å². The third kappa shape index (κ3) is 1.58. The Balaban J connectivity index is 2.12. The lowest BCUT2D eigenvalue weighted by molar-refractivity contribution is 0.428. The maximum atomic E-state index is 9.83. The van der Waals surface area contributed by atoms with Crippen LogP contribution in [0.2, 0.25) is 0 Å². The van der Waals surface area contributed by atoms with Crippen molar-refractivity contribution in [2.45, 2.75) is 0 Å². The third-order valence-corrected chi connectivity index (χ3v) is 3.11. The molecule has 0 amide bonds. The van der Waals surface area contributed by atoms with Gasteiger partial charge in [-0.2, -0.15) is 0 Å². The number of hydrogen-bond acceptors (Lipinski definition) is 5. The second kappa shape index (κ2) is 3.92. The van der Waals surface area contributed by atoms with E-state index in [1.807, 2.05) is 6.07 Å². The molecule has 0 radical (unpaired) electrons. The molecular formula is C12H9N3O2S. The van der Waals surface area contributed by atoms with E-state index in [0.29, 0.717) is 5.76 Å². The number of aromatic nitrogens is 2. The maximum Gasteiger partial charge on any atom is 0.271 e. The van der Waals surface area contributed by atoms with Crippen molar-refractivity contribution in [1.82, 2.24) is 9.55 Å². The maximum absolute atomic E-state index is 9.83.